The highest BCUT2D eigenvalue weighted by Crippen LogP contribution is 2.23. The first-order valence-electron chi connectivity index (χ1n) is 6.81. The van der Waals surface area contributed by atoms with Crippen LogP contribution in [0.2, 0.25) is 0 Å². The number of benzene rings is 1. The van der Waals surface area contributed by atoms with Crippen LogP contribution in [-0.4, -0.2) is 12.6 Å². The van der Waals surface area contributed by atoms with Crippen LogP contribution in [0.25, 0.3) is 0 Å². The van der Waals surface area contributed by atoms with Crippen molar-refractivity contribution in [3.8, 4) is 5.75 Å². The Morgan fingerprint density at radius 3 is 2.85 bits per heavy atom. The van der Waals surface area contributed by atoms with Gasteiger partial charge in [-0.05, 0) is 28.5 Å². The second-order valence-corrected chi connectivity index (χ2v) is 5.77. The van der Waals surface area contributed by atoms with Crippen molar-refractivity contribution in [1.82, 2.24) is 5.32 Å². The third-order valence-electron chi connectivity index (χ3n) is 2.97. The van der Waals surface area contributed by atoms with Crippen LogP contribution in [0.3, 0.4) is 0 Å². The fourth-order valence-electron chi connectivity index (χ4n) is 1.87. The van der Waals surface area contributed by atoms with Crippen LogP contribution in [0.5, 0.6) is 5.75 Å². The minimum absolute atomic E-state index is 0.293. The van der Waals surface area contributed by atoms with Crippen molar-refractivity contribution in [1.29, 1.82) is 0 Å². The largest absolute Gasteiger partial charge is 0.490 e. The van der Waals surface area contributed by atoms with Crippen molar-refractivity contribution in [2.75, 3.05) is 6.61 Å². The lowest BCUT2D eigenvalue weighted by molar-refractivity contribution is 0.300. The number of nitrogens with one attached hydrogen (secondary N) is 1. The number of thiophene rings is 1. The quantitative estimate of drug-likeness (QED) is 0.833. The van der Waals surface area contributed by atoms with Crippen LogP contribution >= 0.6 is 11.3 Å². The first kappa shape index (κ1) is 15.0. The minimum atomic E-state index is -0.293. The standard InChI is InChI=1S/C16H20FNOS/c1-12(2)18-10-14-4-3-5-15(17)16(14)19-8-6-13-7-9-20-11-13/h3-5,7,9,11-12,18H,6,8,10H2,1-2H3. The van der Waals surface area contributed by atoms with Crippen molar-refractivity contribution in [3.63, 3.8) is 0 Å². The van der Waals surface area contributed by atoms with Gasteiger partial charge in [0.2, 0.25) is 0 Å². The number of hydrogen-bond donors (Lipinski definition) is 1. The number of hydrogen-bond acceptors (Lipinski definition) is 3. The number of ether oxygens (including phenoxy) is 1. The molecule has 1 aromatic carbocycles. The number of halogens is 1. The van der Waals surface area contributed by atoms with E-state index in [0.717, 1.165) is 12.0 Å². The summed E-state index contributed by atoms with van der Waals surface area (Å²) in [4.78, 5) is 0. The molecule has 0 atom stereocenters. The van der Waals surface area contributed by atoms with E-state index < -0.39 is 0 Å². The van der Waals surface area contributed by atoms with Gasteiger partial charge in [-0.2, -0.15) is 11.3 Å². The predicted molar refractivity (Wildman–Crippen MR) is 81.9 cm³/mol. The molecule has 0 bridgehead atoms. The molecule has 0 radical (unpaired) electrons. The molecular formula is C16H20FNOS. The van der Waals surface area contributed by atoms with Gasteiger partial charge < -0.3 is 10.1 Å². The van der Waals surface area contributed by atoms with Gasteiger partial charge in [-0.25, -0.2) is 4.39 Å². The van der Waals surface area contributed by atoms with E-state index in [1.165, 1.54) is 11.6 Å². The fourth-order valence-corrected chi connectivity index (χ4v) is 2.58. The van der Waals surface area contributed by atoms with Gasteiger partial charge in [-0.3, -0.25) is 0 Å². The van der Waals surface area contributed by atoms with E-state index in [-0.39, 0.29) is 5.82 Å². The lowest BCUT2D eigenvalue weighted by atomic mass is 10.2. The van der Waals surface area contributed by atoms with Gasteiger partial charge in [0.25, 0.3) is 0 Å². The molecule has 2 aromatic rings. The molecule has 1 N–H and O–H groups in total. The van der Waals surface area contributed by atoms with Gasteiger partial charge >= 0.3 is 0 Å². The van der Waals surface area contributed by atoms with E-state index in [1.54, 1.807) is 17.4 Å². The Labute approximate surface area is 123 Å². The molecule has 0 saturated carbocycles. The Balaban J connectivity index is 1.97. The van der Waals surface area contributed by atoms with Gasteiger partial charge in [0, 0.05) is 24.6 Å². The molecule has 0 aliphatic heterocycles. The van der Waals surface area contributed by atoms with Crippen molar-refractivity contribution in [2.45, 2.75) is 32.9 Å². The Bertz CT molecular complexity index is 525. The second kappa shape index (κ2) is 7.41. The van der Waals surface area contributed by atoms with Crippen molar-refractivity contribution < 1.29 is 9.13 Å². The smallest absolute Gasteiger partial charge is 0.165 e. The van der Waals surface area contributed by atoms with Crippen LogP contribution < -0.4 is 10.1 Å². The summed E-state index contributed by atoms with van der Waals surface area (Å²) in [6, 6.07) is 7.49. The molecule has 0 fully saturated rings. The molecule has 0 unspecified atom stereocenters. The molecule has 0 aliphatic rings. The molecule has 4 heteroatoms. The van der Waals surface area contributed by atoms with Crippen LogP contribution in [0, 0.1) is 5.82 Å². The van der Waals surface area contributed by atoms with E-state index >= 15 is 0 Å². The van der Waals surface area contributed by atoms with Crippen molar-refractivity contribution in [2.24, 2.45) is 0 Å². The maximum absolute atomic E-state index is 13.9. The maximum Gasteiger partial charge on any atom is 0.165 e. The molecule has 1 heterocycles. The molecule has 2 nitrogen and oxygen atoms in total. The molecule has 0 aliphatic carbocycles. The van der Waals surface area contributed by atoms with Gasteiger partial charge in [-0.15, -0.1) is 0 Å². The second-order valence-electron chi connectivity index (χ2n) is 4.99. The number of rotatable bonds is 7. The Hall–Kier alpha value is -1.39. The zero-order chi connectivity index (χ0) is 14.4. The van der Waals surface area contributed by atoms with Crippen LogP contribution in [0.1, 0.15) is 25.0 Å². The van der Waals surface area contributed by atoms with E-state index in [4.69, 9.17) is 4.74 Å². The molecule has 0 amide bonds. The highest BCUT2D eigenvalue weighted by atomic mass is 32.1. The summed E-state index contributed by atoms with van der Waals surface area (Å²) in [5, 5.41) is 7.42. The topological polar surface area (TPSA) is 21.3 Å². The van der Waals surface area contributed by atoms with Crippen LogP contribution in [0.4, 0.5) is 4.39 Å². The normalized spacial score (nSPS) is 11.0. The lowest BCUT2D eigenvalue weighted by Crippen LogP contribution is -2.22. The zero-order valence-corrected chi connectivity index (χ0v) is 12.7. The SMILES string of the molecule is CC(C)NCc1cccc(F)c1OCCc1ccsc1. The average Bonchev–Trinajstić information content (AvgIpc) is 2.92. The summed E-state index contributed by atoms with van der Waals surface area (Å²) in [6.07, 6.45) is 0.800. The van der Waals surface area contributed by atoms with E-state index in [9.17, 15) is 4.39 Å². The Kier molecular flexibility index (Phi) is 5.56. The molecule has 2 rings (SSSR count). The number of para-hydroxylation sites is 1. The lowest BCUT2D eigenvalue weighted by Gasteiger charge is -2.14. The molecule has 20 heavy (non-hydrogen) atoms. The van der Waals surface area contributed by atoms with Crippen molar-refractivity contribution >= 4 is 11.3 Å². The summed E-state index contributed by atoms with van der Waals surface area (Å²) < 4.78 is 19.6. The minimum Gasteiger partial charge on any atom is -0.490 e. The fraction of sp³-hybridized carbons (Fsp3) is 0.375. The summed E-state index contributed by atoms with van der Waals surface area (Å²) in [7, 11) is 0. The Morgan fingerprint density at radius 2 is 2.15 bits per heavy atom. The van der Waals surface area contributed by atoms with Gasteiger partial charge in [-0.1, -0.05) is 26.0 Å². The van der Waals surface area contributed by atoms with E-state index in [2.05, 4.69) is 30.6 Å². The monoisotopic (exact) mass is 293 g/mol. The van der Waals surface area contributed by atoms with Gasteiger partial charge in [0.1, 0.15) is 0 Å². The Morgan fingerprint density at radius 1 is 1.30 bits per heavy atom. The van der Waals surface area contributed by atoms with Crippen molar-refractivity contribution in [3.05, 3.63) is 52.0 Å². The van der Waals surface area contributed by atoms with E-state index in [0.29, 0.717) is 24.9 Å². The zero-order valence-electron chi connectivity index (χ0n) is 11.9. The summed E-state index contributed by atoms with van der Waals surface area (Å²) in [6.45, 7) is 5.24. The first-order chi connectivity index (χ1) is 9.66. The summed E-state index contributed by atoms with van der Waals surface area (Å²) >= 11 is 1.66. The van der Waals surface area contributed by atoms with Gasteiger partial charge in [0.05, 0.1) is 6.61 Å². The average molecular weight is 293 g/mol. The molecular weight excluding hydrogens is 273 g/mol. The molecule has 108 valence electrons. The summed E-state index contributed by atoms with van der Waals surface area (Å²) in [5.74, 6) is 0.0780. The molecule has 1 aromatic heterocycles. The van der Waals surface area contributed by atoms with Gasteiger partial charge in [0.15, 0.2) is 11.6 Å². The summed E-state index contributed by atoms with van der Waals surface area (Å²) in [5.41, 5.74) is 2.09. The maximum atomic E-state index is 13.9. The van der Waals surface area contributed by atoms with E-state index in [1.807, 2.05) is 11.4 Å². The highest BCUT2D eigenvalue weighted by molar-refractivity contribution is 7.07. The third-order valence-corrected chi connectivity index (χ3v) is 3.70. The molecule has 0 spiro atoms. The van der Waals surface area contributed by atoms with Crippen LogP contribution in [0.15, 0.2) is 35.0 Å². The third kappa shape index (κ3) is 4.32. The first-order valence-corrected chi connectivity index (χ1v) is 7.75. The molecule has 0 saturated heterocycles. The highest BCUT2D eigenvalue weighted by Gasteiger charge is 2.10. The van der Waals surface area contributed by atoms with Crippen LogP contribution in [-0.2, 0) is 13.0 Å². The predicted octanol–water partition coefficient (Wildman–Crippen LogP) is 4.01.